The van der Waals surface area contributed by atoms with Gasteiger partial charge in [0.2, 0.25) is 23.6 Å². The second-order valence-corrected chi connectivity index (χ2v) is 9.89. The average Bonchev–Trinajstić information content (AvgIpc) is 2.87. The molecule has 9 heteroatoms. The Hall–Kier alpha value is -2.16. The molecule has 9 nitrogen and oxygen atoms in total. The summed E-state index contributed by atoms with van der Waals surface area (Å²) in [6, 6.07) is 0. The number of aliphatic hydroxyl groups excluding tert-OH is 1. The Kier molecular flexibility index (Phi) is 20.7. The lowest BCUT2D eigenvalue weighted by molar-refractivity contribution is -0.139. The fourth-order valence-corrected chi connectivity index (χ4v) is 3.84. The molecule has 2 atom stereocenters. The van der Waals surface area contributed by atoms with Gasteiger partial charge < -0.3 is 5.11 Å². The first-order chi connectivity index (χ1) is 17.2. The number of carbonyl (C=O) groups excluding carboxylic acids is 4. The second-order valence-electron chi connectivity index (χ2n) is 9.89. The van der Waals surface area contributed by atoms with Crippen molar-refractivity contribution in [2.75, 3.05) is 0 Å². The predicted octanol–water partition coefficient (Wildman–Crippen LogP) is 4.20. The van der Waals surface area contributed by atoms with E-state index in [1.165, 1.54) is 65.2 Å². The lowest BCUT2D eigenvalue weighted by Crippen LogP contribution is -2.51. The molecule has 5 N–H and O–H groups in total. The third kappa shape index (κ3) is 17.3. The number of unbranched alkanes of at least 4 members (excludes halogenated alkanes) is 12. The molecule has 0 saturated carbocycles. The van der Waals surface area contributed by atoms with Crippen LogP contribution >= 0.6 is 0 Å². The van der Waals surface area contributed by atoms with Crippen LogP contribution in [0.3, 0.4) is 0 Å². The molecule has 0 aliphatic carbocycles. The van der Waals surface area contributed by atoms with E-state index in [9.17, 15) is 24.3 Å². The molecule has 2 unspecified atom stereocenters. The summed E-state index contributed by atoms with van der Waals surface area (Å²) in [6.45, 7) is 7.30. The standard InChI is InChI=1S/C27H52N4O5/c1-5-7-9-11-13-15-17-19-23(32)28-30-26(35)21(3)25(34)22(4)27(36)31-29-24(33)20-18-16-14-12-10-8-6-2/h21-22,25,34H,5-20H2,1-4H3,(H,28,32)(H,29,33)(H,30,35)(H,31,36). The summed E-state index contributed by atoms with van der Waals surface area (Å²) in [5, 5.41) is 10.4. The molecule has 0 aromatic rings. The molecule has 0 saturated heterocycles. The smallest absolute Gasteiger partial charge is 0.243 e. The van der Waals surface area contributed by atoms with Crippen molar-refractivity contribution in [2.45, 2.75) is 137 Å². The summed E-state index contributed by atoms with van der Waals surface area (Å²) in [4.78, 5) is 48.5. The van der Waals surface area contributed by atoms with E-state index in [1.54, 1.807) is 0 Å². The monoisotopic (exact) mass is 512 g/mol. The van der Waals surface area contributed by atoms with Crippen LogP contribution in [-0.4, -0.2) is 34.8 Å². The van der Waals surface area contributed by atoms with Crippen molar-refractivity contribution >= 4 is 23.6 Å². The van der Waals surface area contributed by atoms with E-state index in [1.807, 2.05) is 0 Å². The molecule has 0 bridgehead atoms. The van der Waals surface area contributed by atoms with E-state index in [0.29, 0.717) is 12.8 Å². The third-order valence-electron chi connectivity index (χ3n) is 6.52. The highest BCUT2D eigenvalue weighted by Crippen LogP contribution is 2.14. The second kappa shape index (κ2) is 22.1. The lowest BCUT2D eigenvalue weighted by atomic mass is 9.92. The van der Waals surface area contributed by atoms with Crippen molar-refractivity contribution in [1.29, 1.82) is 0 Å². The predicted molar refractivity (Wildman–Crippen MR) is 142 cm³/mol. The van der Waals surface area contributed by atoms with Crippen LogP contribution < -0.4 is 21.7 Å². The quantitative estimate of drug-likeness (QED) is 0.123. The number of amides is 4. The highest BCUT2D eigenvalue weighted by molar-refractivity contribution is 5.86. The van der Waals surface area contributed by atoms with E-state index in [4.69, 9.17) is 0 Å². The molecular weight excluding hydrogens is 460 g/mol. The number of hydrogen-bond donors (Lipinski definition) is 5. The Balaban J connectivity index is 4.09. The van der Waals surface area contributed by atoms with Crippen molar-refractivity contribution in [3.05, 3.63) is 0 Å². The van der Waals surface area contributed by atoms with Gasteiger partial charge in [0.1, 0.15) is 0 Å². The minimum atomic E-state index is -1.29. The molecule has 0 aromatic carbocycles. The zero-order valence-corrected chi connectivity index (χ0v) is 23.1. The van der Waals surface area contributed by atoms with E-state index in [-0.39, 0.29) is 11.8 Å². The Morgan fingerprint density at radius 1 is 0.528 bits per heavy atom. The number of carbonyl (C=O) groups is 4. The van der Waals surface area contributed by atoms with Crippen LogP contribution in [0.5, 0.6) is 0 Å². The maximum absolute atomic E-state index is 12.3. The van der Waals surface area contributed by atoms with Gasteiger partial charge >= 0.3 is 0 Å². The first-order valence-electron chi connectivity index (χ1n) is 14.1. The van der Waals surface area contributed by atoms with Gasteiger partial charge in [-0.05, 0) is 12.8 Å². The third-order valence-corrected chi connectivity index (χ3v) is 6.52. The Morgan fingerprint density at radius 2 is 0.833 bits per heavy atom. The van der Waals surface area contributed by atoms with Crippen LogP contribution in [0, 0.1) is 11.8 Å². The minimum absolute atomic E-state index is 0.284. The summed E-state index contributed by atoms with van der Waals surface area (Å²) in [7, 11) is 0. The zero-order valence-electron chi connectivity index (χ0n) is 23.1. The maximum Gasteiger partial charge on any atom is 0.243 e. The Labute approximate surface area is 218 Å². The SMILES string of the molecule is CCCCCCCCCC(=O)NNC(=O)C(C)C(O)C(C)C(=O)NNC(=O)CCCCCCCCC. The summed E-state index contributed by atoms with van der Waals surface area (Å²) < 4.78 is 0. The Bertz CT molecular complexity index is 577. The number of rotatable bonds is 20. The fourth-order valence-electron chi connectivity index (χ4n) is 3.84. The molecule has 0 fully saturated rings. The molecule has 0 aliphatic rings. The minimum Gasteiger partial charge on any atom is -0.391 e. The fraction of sp³-hybridized carbons (Fsp3) is 0.852. The highest BCUT2D eigenvalue weighted by Gasteiger charge is 2.31. The molecule has 0 rings (SSSR count). The lowest BCUT2D eigenvalue weighted by Gasteiger charge is -2.23. The molecular formula is C27H52N4O5. The van der Waals surface area contributed by atoms with E-state index in [2.05, 4.69) is 35.6 Å². The van der Waals surface area contributed by atoms with Crippen LogP contribution in [-0.2, 0) is 19.2 Å². The topological polar surface area (TPSA) is 137 Å². The number of hydrogen-bond acceptors (Lipinski definition) is 5. The normalized spacial score (nSPS) is 13.4. The molecule has 4 amide bonds. The van der Waals surface area contributed by atoms with Crippen molar-refractivity contribution in [3.8, 4) is 0 Å². The van der Waals surface area contributed by atoms with Crippen LogP contribution in [0.4, 0.5) is 0 Å². The summed E-state index contributed by atoms with van der Waals surface area (Å²) in [5.74, 6) is -3.61. The number of hydrazine groups is 2. The molecule has 36 heavy (non-hydrogen) atoms. The van der Waals surface area contributed by atoms with Crippen LogP contribution in [0.15, 0.2) is 0 Å². The Morgan fingerprint density at radius 3 is 1.17 bits per heavy atom. The van der Waals surface area contributed by atoms with Crippen molar-refractivity contribution in [3.63, 3.8) is 0 Å². The van der Waals surface area contributed by atoms with Gasteiger partial charge in [0, 0.05) is 12.8 Å². The summed E-state index contributed by atoms with van der Waals surface area (Å²) in [5.41, 5.74) is 9.38. The van der Waals surface area contributed by atoms with Gasteiger partial charge in [-0.2, -0.15) is 0 Å². The highest BCUT2D eigenvalue weighted by atomic mass is 16.3. The summed E-state index contributed by atoms with van der Waals surface area (Å²) in [6.07, 6.45) is 14.7. The molecule has 0 radical (unpaired) electrons. The average molecular weight is 513 g/mol. The molecule has 0 heterocycles. The first-order valence-corrected chi connectivity index (χ1v) is 14.1. The van der Waals surface area contributed by atoms with Crippen molar-refractivity contribution in [2.24, 2.45) is 11.8 Å². The molecule has 0 spiro atoms. The van der Waals surface area contributed by atoms with Gasteiger partial charge in [-0.15, -0.1) is 0 Å². The first kappa shape index (κ1) is 33.8. The van der Waals surface area contributed by atoms with Gasteiger partial charge in [-0.25, -0.2) is 0 Å². The maximum atomic E-state index is 12.3. The van der Waals surface area contributed by atoms with Gasteiger partial charge in [0.05, 0.1) is 17.9 Å². The van der Waals surface area contributed by atoms with E-state index < -0.39 is 29.8 Å². The molecule has 0 aliphatic heterocycles. The van der Waals surface area contributed by atoms with Crippen molar-refractivity contribution in [1.82, 2.24) is 21.7 Å². The number of nitrogens with one attached hydrogen (secondary N) is 4. The van der Waals surface area contributed by atoms with Gasteiger partial charge in [-0.3, -0.25) is 40.9 Å². The molecule has 0 aromatic heterocycles. The van der Waals surface area contributed by atoms with Gasteiger partial charge in [-0.1, -0.05) is 105 Å². The van der Waals surface area contributed by atoms with Crippen LogP contribution in [0.2, 0.25) is 0 Å². The van der Waals surface area contributed by atoms with Gasteiger partial charge in [0.15, 0.2) is 0 Å². The van der Waals surface area contributed by atoms with Crippen molar-refractivity contribution < 1.29 is 24.3 Å². The largest absolute Gasteiger partial charge is 0.391 e. The zero-order chi connectivity index (χ0) is 27.2. The van der Waals surface area contributed by atoms with Crippen LogP contribution in [0.1, 0.15) is 130 Å². The summed E-state index contributed by atoms with van der Waals surface area (Å²) >= 11 is 0. The molecule has 210 valence electrons. The van der Waals surface area contributed by atoms with Crippen LogP contribution in [0.25, 0.3) is 0 Å². The van der Waals surface area contributed by atoms with Gasteiger partial charge in [0.25, 0.3) is 0 Å². The number of aliphatic hydroxyl groups is 1. The van der Waals surface area contributed by atoms with E-state index >= 15 is 0 Å². The van der Waals surface area contributed by atoms with E-state index in [0.717, 1.165) is 38.5 Å².